The summed E-state index contributed by atoms with van der Waals surface area (Å²) in [6.07, 6.45) is 0. The number of carbonyl (C=O) groups is 2. The maximum Gasteiger partial charge on any atom is 0.369 e. The first-order valence-corrected chi connectivity index (χ1v) is 13.9. The second-order valence-corrected chi connectivity index (χ2v) is 12.3. The molecule has 1 amide bonds. The van der Waals surface area contributed by atoms with Gasteiger partial charge in [-0.2, -0.15) is 0 Å². The van der Waals surface area contributed by atoms with Crippen LogP contribution in [0, 0.1) is 5.82 Å². The summed E-state index contributed by atoms with van der Waals surface area (Å²) < 4.78 is 19.2. The summed E-state index contributed by atoms with van der Waals surface area (Å²) in [6, 6.07) is 8.37. The van der Waals surface area contributed by atoms with Gasteiger partial charge in [-0.05, 0) is 51.1 Å². The van der Waals surface area contributed by atoms with E-state index in [9.17, 15) is 14.0 Å². The second kappa shape index (κ2) is 10.0. The SMILES string of the molecule is CCOC(=O)c1nnc(N2CCN(C(=O)c3ccc4c(n3)C(C)(C)CN4c3ccc(Cl)c(F)c3)C(C)(C)C2)s1. The van der Waals surface area contributed by atoms with Crippen molar-refractivity contribution in [3.8, 4) is 0 Å². The summed E-state index contributed by atoms with van der Waals surface area (Å²) in [6.45, 7) is 12.2. The van der Waals surface area contributed by atoms with Gasteiger partial charge in [0.1, 0.15) is 11.5 Å². The molecule has 5 rings (SSSR count). The van der Waals surface area contributed by atoms with E-state index in [4.69, 9.17) is 21.3 Å². The highest BCUT2D eigenvalue weighted by Crippen LogP contribution is 2.44. The van der Waals surface area contributed by atoms with Crippen LogP contribution in [0.3, 0.4) is 0 Å². The number of fused-ring (bicyclic) bond motifs is 1. The van der Waals surface area contributed by atoms with Crippen molar-refractivity contribution in [2.75, 3.05) is 42.6 Å². The number of pyridine rings is 1. The number of piperazine rings is 1. The van der Waals surface area contributed by atoms with Crippen LogP contribution in [0.5, 0.6) is 0 Å². The fourth-order valence-electron chi connectivity index (χ4n) is 5.18. The molecule has 0 aliphatic carbocycles. The van der Waals surface area contributed by atoms with E-state index >= 15 is 0 Å². The van der Waals surface area contributed by atoms with Crippen molar-refractivity contribution in [1.82, 2.24) is 20.1 Å². The minimum atomic E-state index is -0.534. The van der Waals surface area contributed by atoms with Crippen LogP contribution in [-0.2, 0) is 10.2 Å². The molecule has 0 atom stereocenters. The third-order valence-electron chi connectivity index (χ3n) is 7.08. The van der Waals surface area contributed by atoms with Crippen LogP contribution in [0.15, 0.2) is 30.3 Å². The molecule has 2 aliphatic heterocycles. The van der Waals surface area contributed by atoms with Crippen molar-refractivity contribution < 1.29 is 18.7 Å². The van der Waals surface area contributed by atoms with Crippen molar-refractivity contribution in [2.45, 2.75) is 45.6 Å². The second-order valence-electron chi connectivity index (χ2n) is 10.9. The third-order valence-corrected chi connectivity index (χ3v) is 8.35. The summed E-state index contributed by atoms with van der Waals surface area (Å²) in [5.41, 5.74) is 1.80. The van der Waals surface area contributed by atoms with Crippen molar-refractivity contribution in [1.29, 1.82) is 0 Å². The fraction of sp³-hybridized carbons (Fsp3) is 0.444. The zero-order valence-electron chi connectivity index (χ0n) is 22.5. The molecule has 9 nitrogen and oxygen atoms in total. The Morgan fingerprint density at radius 1 is 1.10 bits per heavy atom. The zero-order valence-corrected chi connectivity index (χ0v) is 24.1. The smallest absolute Gasteiger partial charge is 0.369 e. The monoisotopic (exact) mass is 572 g/mol. The maximum absolute atomic E-state index is 14.2. The lowest BCUT2D eigenvalue weighted by Gasteiger charge is -2.46. The van der Waals surface area contributed by atoms with Crippen LogP contribution in [0.2, 0.25) is 5.02 Å². The van der Waals surface area contributed by atoms with E-state index in [0.29, 0.717) is 42.7 Å². The fourth-order valence-corrected chi connectivity index (χ4v) is 6.06. The van der Waals surface area contributed by atoms with Crippen LogP contribution < -0.4 is 9.80 Å². The van der Waals surface area contributed by atoms with E-state index in [1.165, 1.54) is 17.4 Å². The molecule has 3 aromatic rings. The van der Waals surface area contributed by atoms with Gasteiger partial charge in [-0.15, -0.1) is 10.2 Å². The number of halogens is 2. The Morgan fingerprint density at radius 3 is 2.56 bits per heavy atom. The highest BCUT2D eigenvalue weighted by molar-refractivity contribution is 7.17. The summed E-state index contributed by atoms with van der Waals surface area (Å²) in [5.74, 6) is -1.12. The Bertz CT molecular complexity index is 1440. The minimum Gasteiger partial charge on any atom is -0.461 e. The highest BCUT2D eigenvalue weighted by atomic mass is 35.5. The lowest BCUT2D eigenvalue weighted by atomic mass is 9.91. The first kappa shape index (κ1) is 27.3. The number of anilines is 3. The molecule has 12 heteroatoms. The van der Waals surface area contributed by atoms with Gasteiger partial charge in [0.15, 0.2) is 0 Å². The molecule has 39 heavy (non-hydrogen) atoms. The topological polar surface area (TPSA) is 91.8 Å². The molecule has 0 saturated carbocycles. The van der Waals surface area contributed by atoms with Gasteiger partial charge in [0.2, 0.25) is 10.1 Å². The summed E-state index contributed by atoms with van der Waals surface area (Å²) in [5, 5.41) is 9.06. The van der Waals surface area contributed by atoms with Gasteiger partial charge in [-0.25, -0.2) is 14.2 Å². The predicted octanol–water partition coefficient (Wildman–Crippen LogP) is 5.07. The van der Waals surface area contributed by atoms with Crippen LogP contribution in [-0.4, -0.2) is 70.3 Å². The maximum atomic E-state index is 14.2. The van der Waals surface area contributed by atoms with E-state index in [-0.39, 0.29) is 28.0 Å². The highest BCUT2D eigenvalue weighted by Gasteiger charge is 2.41. The number of benzene rings is 1. The number of aromatic nitrogens is 3. The first-order chi connectivity index (χ1) is 18.4. The number of carbonyl (C=O) groups excluding carboxylic acids is 2. The molecule has 0 unspecified atom stereocenters. The van der Waals surface area contributed by atoms with Crippen LogP contribution in [0.25, 0.3) is 0 Å². The minimum absolute atomic E-state index is 0.0739. The molecule has 0 spiro atoms. The van der Waals surface area contributed by atoms with Crippen LogP contribution in [0.4, 0.5) is 20.9 Å². The van der Waals surface area contributed by atoms with Gasteiger partial charge >= 0.3 is 5.97 Å². The largest absolute Gasteiger partial charge is 0.461 e. The Balaban J connectivity index is 1.36. The van der Waals surface area contributed by atoms with Crippen molar-refractivity contribution in [3.63, 3.8) is 0 Å². The normalized spacial score (nSPS) is 17.8. The summed E-state index contributed by atoms with van der Waals surface area (Å²) in [4.78, 5) is 36.5. The molecule has 4 heterocycles. The first-order valence-electron chi connectivity index (χ1n) is 12.7. The molecule has 1 aromatic carbocycles. The van der Waals surface area contributed by atoms with Gasteiger partial charge < -0.3 is 19.4 Å². The van der Waals surface area contributed by atoms with Crippen molar-refractivity contribution in [2.24, 2.45) is 0 Å². The standard InChI is InChI=1S/C27H30ClFN6O3S/c1-6-38-24(37)22-31-32-25(39-22)33-11-12-35(27(4,5)15-33)23(36)19-9-10-20-21(30-19)26(2,3)14-34(20)16-7-8-17(28)18(29)13-16/h7-10,13H,6,11-12,14-15H2,1-5H3. The van der Waals surface area contributed by atoms with Crippen molar-refractivity contribution >= 4 is 51.3 Å². The lowest BCUT2D eigenvalue weighted by Crippen LogP contribution is -2.61. The number of esters is 1. The van der Waals surface area contributed by atoms with E-state index < -0.39 is 17.3 Å². The van der Waals surface area contributed by atoms with Crippen LogP contribution >= 0.6 is 22.9 Å². The predicted molar refractivity (Wildman–Crippen MR) is 149 cm³/mol. The van der Waals surface area contributed by atoms with Gasteiger partial charge in [-0.1, -0.05) is 36.8 Å². The molecule has 0 N–H and O–H groups in total. The molecule has 2 aliphatic rings. The molecular formula is C27H30ClFN6O3S. The van der Waals surface area contributed by atoms with E-state index in [2.05, 4.69) is 24.0 Å². The Morgan fingerprint density at radius 2 is 1.87 bits per heavy atom. The summed E-state index contributed by atoms with van der Waals surface area (Å²) >= 11 is 7.07. The quantitative estimate of drug-likeness (QED) is 0.391. The van der Waals surface area contributed by atoms with E-state index in [1.807, 2.05) is 34.6 Å². The van der Waals surface area contributed by atoms with Gasteiger partial charge in [-0.3, -0.25) is 4.79 Å². The average molecular weight is 573 g/mol. The number of rotatable bonds is 5. The number of amides is 1. The molecule has 2 aromatic heterocycles. The van der Waals surface area contributed by atoms with Gasteiger partial charge in [0.25, 0.3) is 5.91 Å². The number of nitrogens with zero attached hydrogens (tertiary/aromatic N) is 6. The average Bonchev–Trinajstić information content (AvgIpc) is 3.48. The van der Waals surface area contributed by atoms with E-state index in [1.54, 1.807) is 25.1 Å². The number of ether oxygens (including phenoxy) is 1. The van der Waals surface area contributed by atoms with Crippen LogP contribution in [0.1, 0.15) is 60.6 Å². The molecular weight excluding hydrogens is 543 g/mol. The van der Waals surface area contributed by atoms with E-state index in [0.717, 1.165) is 11.4 Å². The molecule has 1 saturated heterocycles. The Hall–Kier alpha value is -3.31. The lowest BCUT2D eigenvalue weighted by molar-refractivity contribution is 0.0503. The summed E-state index contributed by atoms with van der Waals surface area (Å²) in [7, 11) is 0. The van der Waals surface area contributed by atoms with Gasteiger partial charge in [0.05, 0.1) is 28.5 Å². The molecule has 206 valence electrons. The third kappa shape index (κ3) is 5.05. The molecule has 0 radical (unpaired) electrons. The zero-order chi connectivity index (χ0) is 28.1. The van der Waals surface area contributed by atoms with Crippen molar-refractivity contribution in [3.05, 3.63) is 57.6 Å². The Kier molecular flexibility index (Phi) is 7.00. The molecule has 1 fully saturated rings. The molecule has 0 bridgehead atoms. The number of hydrogen-bond donors (Lipinski definition) is 0. The van der Waals surface area contributed by atoms with Gasteiger partial charge in [0, 0.05) is 37.3 Å². The Labute approximate surface area is 235 Å². The number of hydrogen-bond acceptors (Lipinski definition) is 9.